The van der Waals surface area contributed by atoms with Crippen molar-refractivity contribution in [3.8, 4) is 0 Å². The van der Waals surface area contributed by atoms with Crippen LogP contribution in [0.1, 0.15) is 10.7 Å². The van der Waals surface area contributed by atoms with E-state index < -0.39 is 0 Å². The molecule has 0 fully saturated rings. The summed E-state index contributed by atoms with van der Waals surface area (Å²) in [5.41, 5.74) is 1.27. The first-order chi connectivity index (χ1) is 8.54. The monoisotopic (exact) mass is 300 g/mol. The predicted octanol–water partition coefficient (Wildman–Crippen LogP) is 3.94. The number of hydrogen-bond donors (Lipinski definition) is 1. The Labute approximate surface area is 119 Å². The Balaban J connectivity index is 2.05. The van der Waals surface area contributed by atoms with Crippen LogP contribution in [0.4, 0.5) is 5.69 Å². The molecule has 0 aliphatic heterocycles. The third-order valence-electron chi connectivity index (χ3n) is 2.21. The van der Waals surface area contributed by atoms with Crippen LogP contribution in [-0.2, 0) is 11.2 Å². The van der Waals surface area contributed by atoms with E-state index in [4.69, 9.17) is 23.2 Å². The quantitative estimate of drug-likeness (QED) is 0.933. The second kappa shape index (κ2) is 5.69. The van der Waals surface area contributed by atoms with Crippen LogP contribution in [-0.4, -0.2) is 10.9 Å². The summed E-state index contributed by atoms with van der Waals surface area (Å²) in [6.07, 6.45) is 0.229. The number of nitrogens with zero attached hydrogens (tertiary/aromatic N) is 1. The van der Waals surface area contributed by atoms with E-state index in [1.165, 1.54) is 11.3 Å². The minimum Gasteiger partial charge on any atom is -0.324 e. The summed E-state index contributed by atoms with van der Waals surface area (Å²) in [4.78, 5) is 16.0. The van der Waals surface area contributed by atoms with Crippen molar-refractivity contribution in [1.29, 1.82) is 0 Å². The third-order valence-corrected chi connectivity index (χ3v) is 3.60. The van der Waals surface area contributed by atoms with Crippen LogP contribution >= 0.6 is 34.5 Å². The van der Waals surface area contributed by atoms with Crippen LogP contribution in [0.25, 0.3) is 0 Å². The summed E-state index contributed by atoms with van der Waals surface area (Å²) in [5.74, 6) is -0.163. The number of benzene rings is 1. The molecule has 6 heteroatoms. The summed E-state index contributed by atoms with van der Waals surface area (Å²) in [6.45, 7) is 1.90. The second-order valence-electron chi connectivity index (χ2n) is 3.71. The van der Waals surface area contributed by atoms with Gasteiger partial charge in [0.1, 0.15) is 0 Å². The number of rotatable bonds is 3. The first kappa shape index (κ1) is 13.3. The lowest BCUT2D eigenvalue weighted by Gasteiger charge is -2.06. The first-order valence-corrected chi connectivity index (χ1v) is 6.84. The lowest BCUT2D eigenvalue weighted by atomic mass is 10.3. The molecule has 94 valence electrons. The molecule has 2 aromatic rings. The van der Waals surface area contributed by atoms with Crippen LogP contribution < -0.4 is 5.32 Å². The molecule has 0 atom stereocenters. The molecule has 0 radical (unpaired) electrons. The molecule has 18 heavy (non-hydrogen) atoms. The van der Waals surface area contributed by atoms with E-state index in [1.54, 1.807) is 18.2 Å². The van der Waals surface area contributed by atoms with E-state index >= 15 is 0 Å². The summed E-state index contributed by atoms with van der Waals surface area (Å²) >= 11 is 13.3. The molecule has 0 aliphatic carbocycles. The van der Waals surface area contributed by atoms with Gasteiger partial charge in [0.15, 0.2) is 0 Å². The summed E-state index contributed by atoms with van der Waals surface area (Å²) < 4.78 is 0. The molecule has 3 nitrogen and oxygen atoms in total. The fraction of sp³-hybridized carbons (Fsp3) is 0.167. The highest BCUT2D eigenvalue weighted by atomic mass is 35.5. The molecular formula is C12H10Cl2N2OS. The van der Waals surface area contributed by atoms with Gasteiger partial charge in [-0.3, -0.25) is 4.79 Å². The van der Waals surface area contributed by atoms with Crippen molar-refractivity contribution < 1.29 is 4.79 Å². The van der Waals surface area contributed by atoms with E-state index in [0.29, 0.717) is 15.7 Å². The Bertz CT molecular complexity index is 583. The van der Waals surface area contributed by atoms with Crippen molar-refractivity contribution >= 4 is 46.1 Å². The Morgan fingerprint density at radius 3 is 2.89 bits per heavy atom. The highest BCUT2D eigenvalue weighted by Crippen LogP contribution is 2.25. The van der Waals surface area contributed by atoms with Crippen molar-refractivity contribution in [3.63, 3.8) is 0 Å². The number of halogens is 2. The van der Waals surface area contributed by atoms with Crippen LogP contribution in [0.3, 0.4) is 0 Å². The molecule has 0 saturated heterocycles. The smallest absolute Gasteiger partial charge is 0.230 e. The molecule has 2 rings (SSSR count). The Morgan fingerprint density at radius 1 is 1.44 bits per heavy atom. The van der Waals surface area contributed by atoms with Crippen LogP contribution in [0.2, 0.25) is 10.0 Å². The molecule has 1 amide bonds. The lowest BCUT2D eigenvalue weighted by molar-refractivity contribution is -0.115. The van der Waals surface area contributed by atoms with E-state index in [-0.39, 0.29) is 12.3 Å². The Hall–Kier alpha value is -1.10. The fourth-order valence-electron chi connectivity index (χ4n) is 1.44. The van der Waals surface area contributed by atoms with E-state index in [9.17, 15) is 4.79 Å². The molecule has 1 N–H and O–H groups in total. The zero-order valence-electron chi connectivity index (χ0n) is 9.54. The molecule has 1 heterocycles. The van der Waals surface area contributed by atoms with Crippen LogP contribution in [0.5, 0.6) is 0 Å². The number of amides is 1. The minimum atomic E-state index is -0.163. The summed E-state index contributed by atoms with van der Waals surface area (Å²) in [6, 6.07) is 4.93. The number of nitrogens with one attached hydrogen (secondary N) is 1. The number of anilines is 1. The zero-order chi connectivity index (χ0) is 13.1. The predicted molar refractivity (Wildman–Crippen MR) is 75.6 cm³/mol. The molecular weight excluding hydrogens is 291 g/mol. The highest BCUT2D eigenvalue weighted by molar-refractivity contribution is 7.09. The summed E-state index contributed by atoms with van der Waals surface area (Å²) in [7, 11) is 0. The van der Waals surface area contributed by atoms with Gasteiger partial charge in [0, 0.05) is 10.4 Å². The maximum absolute atomic E-state index is 11.8. The van der Waals surface area contributed by atoms with Gasteiger partial charge in [-0.05, 0) is 25.1 Å². The second-order valence-corrected chi connectivity index (χ2v) is 5.61. The normalized spacial score (nSPS) is 10.4. The first-order valence-electron chi connectivity index (χ1n) is 5.20. The SMILES string of the molecule is Cc1nc(CC(=O)Nc2cc(Cl)ccc2Cl)cs1. The number of aromatic nitrogens is 1. The van der Waals surface area contributed by atoms with Crippen molar-refractivity contribution in [2.24, 2.45) is 0 Å². The Morgan fingerprint density at radius 2 is 2.22 bits per heavy atom. The average molecular weight is 301 g/mol. The molecule has 0 bridgehead atoms. The van der Waals surface area contributed by atoms with Gasteiger partial charge >= 0.3 is 0 Å². The fourth-order valence-corrected chi connectivity index (χ4v) is 2.39. The molecule has 0 spiro atoms. The van der Waals surface area contributed by atoms with Gasteiger partial charge in [-0.25, -0.2) is 4.98 Å². The number of carbonyl (C=O) groups is 1. The molecule has 0 unspecified atom stereocenters. The van der Waals surface area contributed by atoms with E-state index in [1.807, 2.05) is 12.3 Å². The van der Waals surface area contributed by atoms with Gasteiger partial charge in [0.05, 0.1) is 27.8 Å². The molecule has 1 aromatic heterocycles. The van der Waals surface area contributed by atoms with Gasteiger partial charge in [0.2, 0.25) is 5.91 Å². The summed E-state index contributed by atoms with van der Waals surface area (Å²) in [5, 5.41) is 6.52. The lowest BCUT2D eigenvalue weighted by Crippen LogP contribution is -2.14. The molecule has 0 saturated carbocycles. The number of aryl methyl sites for hydroxylation is 1. The van der Waals surface area contributed by atoms with Crippen molar-refractivity contribution in [3.05, 3.63) is 44.3 Å². The van der Waals surface area contributed by atoms with E-state index in [0.717, 1.165) is 10.7 Å². The minimum absolute atomic E-state index is 0.163. The van der Waals surface area contributed by atoms with Crippen molar-refractivity contribution in [2.45, 2.75) is 13.3 Å². The van der Waals surface area contributed by atoms with Crippen LogP contribution in [0.15, 0.2) is 23.6 Å². The van der Waals surface area contributed by atoms with Gasteiger partial charge in [-0.2, -0.15) is 0 Å². The van der Waals surface area contributed by atoms with Gasteiger partial charge in [-0.15, -0.1) is 11.3 Å². The van der Waals surface area contributed by atoms with Gasteiger partial charge in [0.25, 0.3) is 0 Å². The number of carbonyl (C=O) groups excluding carboxylic acids is 1. The zero-order valence-corrected chi connectivity index (χ0v) is 11.9. The van der Waals surface area contributed by atoms with Crippen LogP contribution in [0, 0.1) is 6.92 Å². The molecule has 0 aliphatic rings. The highest BCUT2D eigenvalue weighted by Gasteiger charge is 2.09. The topological polar surface area (TPSA) is 42.0 Å². The van der Waals surface area contributed by atoms with Crippen molar-refractivity contribution in [1.82, 2.24) is 4.98 Å². The van der Waals surface area contributed by atoms with Gasteiger partial charge in [-0.1, -0.05) is 23.2 Å². The maximum Gasteiger partial charge on any atom is 0.230 e. The largest absolute Gasteiger partial charge is 0.324 e. The van der Waals surface area contributed by atoms with E-state index in [2.05, 4.69) is 10.3 Å². The number of hydrogen-bond acceptors (Lipinski definition) is 3. The Kier molecular flexibility index (Phi) is 4.22. The average Bonchev–Trinajstić information content (AvgIpc) is 2.69. The van der Waals surface area contributed by atoms with Gasteiger partial charge < -0.3 is 5.32 Å². The van der Waals surface area contributed by atoms with Crippen molar-refractivity contribution in [2.75, 3.05) is 5.32 Å². The number of thiazole rings is 1. The molecule has 1 aromatic carbocycles. The maximum atomic E-state index is 11.8. The standard InChI is InChI=1S/C12H10Cl2N2OS/c1-7-15-9(6-18-7)5-12(17)16-11-4-8(13)2-3-10(11)14/h2-4,6H,5H2,1H3,(H,16,17). The third kappa shape index (κ3) is 3.45.